The van der Waals surface area contributed by atoms with Gasteiger partial charge in [-0.25, -0.2) is 9.07 Å². The maximum absolute atomic E-state index is 13.1. The van der Waals surface area contributed by atoms with Crippen LogP contribution in [0.1, 0.15) is 35.3 Å². The van der Waals surface area contributed by atoms with Crippen molar-refractivity contribution >= 4 is 17.5 Å². The fourth-order valence-corrected chi connectivity index (χ4v) is 3.33. The van der Waals surface area contributed by atoms with Crippen molar-refractivity contribution in [3.05, 3.63) is 81.9 Å². The summed E-state index contributed by atoms with van der Waals surface area (Å²) in [6, 6.07) is 11.8. The van der Waals surface area contributed by atoms with Crippen LogP contribution in [0.15, 0.2) is 48.7 Å². The topological polar surface area (TPSA) is 46.9 Å². The molecule has 4 nitrogen and oxygen atoms in total. The number of aryl methyl sites for hydroxylation is 1. The zero-order valence-corrected chi connectivity index (χ0v) is 16.2. The van der Waals surface area contributed by atoms with Crippen LogP contribution in [0, 0.1) is 19.7 Å². The number of amides is 1. The van der Waals surface area contributed by atoms with E-state index in [0.717, 1.165) is 22.5 Å². The molecule has 140 valence electrons. The van der Waals surface area contributed by atoms with E-state index >= 15 is 0 Å². The van der Waals surface area contributed by atoms with Crippen molar-refractivity contribution in [1.29, 1.82) is 0 Å². The number of para-hydroxylation sites is 1. The van der Waals surface area contributed by atoms with Crippen LogP contribution in [0.3, 0.4) is 0 Å². The third kappa shape index (κ3) is 4.19. The standard InChI is InChI=1S/C21H21ClFN3O/c1-13-6-4-5-7-20(13)26-15(3)18(12-24-26)14(2)25-21(27)10-16-8-9-17(23)11-19(16)22/h4-9,11-12,14H,10H2,1-3H3,(H,25,27)/t14-/m0/s1. The number of carbonyl (C=O) groups excluding carboxylic acids is 1. The Morgan fingerprint density at radius 2 is 2.00 bits per heavy atom. The molecule has 1 atom stereocenters. The highest BCUT2D eigenvalue weighted by molar-refractivity contribution is 6.31. The van der Waals surface area contributed by atoms with Crippen LogP contribution in [-0.4, -0.2) is 15.7 Å². The second-order valence-electron chi connectivity index (χ2n) is 6.59. The van der Waals surface area contributed by atoms with Gasteiger partial charge in [-0.2, -0.15) is 5.10 Å². The minimum absolute atomic E-state index is 0.0917. The molecule has 1 heterocycles. The lowest BCUT2D eigenvalue weighted by molar-refractivity contribution is -0.121. The van der Waals surface area contributed by atoms with Crippen molar-refractivity contribution in [1.82, 2.24) is 15.1 Å². The summed E-state index contributed by atoms with van der Waals surface area (Å²) in [5, 5.41) is 7.70. The molecule has 2 aromatic carbocycles. The summed E-state index contributed by atoms with van der Waals surface area (Å²) in [7, 11) is 0. The Bertz CT molecular complexity index is 983. The van der Waals surface area contributed by atoms with Crippen molar-refractivity contribution < 1.29 is 9.18 Å². The lowest BCUT2D eigenvalue weighted by Gasteiger charge is -2.15. The van der Waals surface area contributed by atoms with Gasteiger partial charge in [0.05, 0.1) is 24.3 Å². The second kappa shape index (κ2) is 7.92. The Kier molecular flexibility index (Phi) is 5.61. The lowest BCUT2D eigenvalue weighted by atomic mass is 10.1. The predicted octanol–water partition coefficient (Wildman–Crippen LogP) is 4.70. The molecule has 3 aromatic rings. The number of carbonyl (C=O) groups is 1. The molecule has 0 fully saturated rings. The molecule has 0 aliphatic heterocycles. The Morgan fingerprint density at radius 1 is 1.26 bits per heavy atom. The minimum Gasteiger partial charge on any atom is -0.349 e. The van der Waals surface area contributed by atoms with Crippen molar-refractivity contribution in [2.45, 2.75) is 33.2 Å². The summed E-state index contributed by atoms with van der Waals surface area (Å²) < 4.78 is 15.0. The highest BCUT2D eigenvalue weighted by Gasteiger charge is 2.17. The molecule has 0 aliphatic rings. The number of hydrogen-bond acceptors (Lipinski definition) is 2. The minimum atomic E-state index is -0.420. The number of halogens is 2. The van der Waals surface area contributed by atoms with Crippen molar-refractivity contribution in [3.8, 4) is 5.69 Å². The molecule has 0 bridgehead atoms. The molecule has 1 N–H and O–H groups in total. The van der Waals surface area contributed by atoms with Gasteiger partial charge in [-0.15, -0.1) is 0 Å². The summed E-state index contributed by atoms with van der Waals surface area (Å²) in [6.07, 6.45) is 1.87. The van der Waals surface area contributed by atoms with Crippen LogP contribution in [0.4, 0.5) is 4.39 Å². The molecule has 0 spiro atoms. The van der Waals surface area contributed by atoms with Crippen molar-refractivity contribution in [3.63, 3.8) is 0 Å². The first kappa shape index (κ1) is 19.1. The molecule has 6 heteroatoms. The predicted molar refractivity (Wildman–Crippen MR) is 105 cm³/mol. The van der Waals surface area contributed by atoms with Gasteiger partial charge < -0.3 is 5.32 Å². The van der Waals surface area contributed by atoms with Crippen molar-refractivity contribution in [2.75, 3.05) is 0 Å². The van der Waals surface area contributed by atoms with E-state index in [1.807, 2.05) is 49.7 Å². The molecule has 3 rings (SSSR count). The van der Waals surface area contributed by atoms with Crippen LogP contribution < -0.4 is 5.32 Å². The van der Waals surface area contributed by atoms with Gasteiger partial charge in [0.15, 0.2) is 0 Å². The average molecular weight is 386 g/mol. The third-order valence-corrected chi connectivity index (χ3v) is 4.95. The molecule has 1 aromatic heterocycles. The number of hydrogen-bond donors (Lipinski definition) is 1. The van der Waals surface area contributed by atoms with E-state index in [1.54, 1.807) is 6.20 Å². The van der Waals surface area contributed by atoms with Gasteiger partial charge >= 0.3 is 0 Å². The SMILES string of the molecule is Cc1ccccc1-n1ncc([C@H](C)NC(=O)Cc2ccc(F)cc2Cl)c1C. The Morgan fingerprint density at radius 3 is 2.70 bits per heavy atom. The van der Waals surface area contributed by atoms with Gasteiger partial charge in [-0.3, -0.25) is 4.79 Å². The zero-order valence-electron chi connectivity index (χ0n) is 15.5. The van der Waals surface area contributed by atoms with Crippen LogP contribution in [0.2, 0.25) is 5.02 Å². The molecule has 27 heavy (non-hydrogen) atoms. The summed E-state index contributed by atoms with van der Waals surface area (Å²) in [4.78, 5) is 12.4. The monoisotopic (exact) mass is 385 g/mol. The lowest BCUT2D eigenvalue weighted by Crippen LogP contribution is -2.28. The van der Waals surface area contributed by atoms with E-state index in [-0.39, 0.29) is 23.4 Å². The van der Waals surface area contributed by atoms with Gasteiger partial charge in [0.25, 0.3) is 0 Å². The number of nitrogens with one attached hydrogen (secondary N) is 1. The molecule has 1 amide bonds. The van der Waals surface area contributed by atoms with Gasteiger partial charge in [-0.05, 0) is 50.1 Å². The first-order valence-electron chi connectivity index (χ1n) is 8.70. The Hall–Kier alpha value is -2.66. The van der Waals surface area contributed by atoms with Gasteiger partial charge in [0.1, 0.15) is 5.82 Å². The third-order valence-electron chi connectivity index (χ3n) is 4.60. The molecule has 0 radical (unpaired) electrons. The molecule has 0 saturated heterocycles. The zero-order chi connectivity index (χ0) is 19.6. The van der Waals surface area contributed by atoms with E-state index in [1.165, 1.54) is 18.2 Å². The van der Waals surface area contributed by atoms with Crippen molar-refractivity contribution in [2.24, 2.45) is 0 Å². The number of rotatable bonds is 5. The molecular weight excluding hydrogens is 365 g/mol. The first-order valence-corrected chi connectivity index (χ1v) is 9.08. The molecule has 0 unspecified atom stereocenters. The number of aromatic nitrogens is 2. The fraction of sp³-hybridized carbons (Fsp3) is 0.238. The Labute approximate surface area is 163 Å². The highest BCUT2D eigenvalue weighted by Crippen LogP contribution is 2.23. The fourth-order valence-electron chi connectivity index (χ4n) is 3.10. The summed E-state index contributed by atoms with van der Waals surface area (Å²) in [5.41, 5.74) is 4.64. The molecule has 0 saturated carbocycles. The quantitative estimate of drug-likeness (QED) is 0.691. The van der Waals surface area contributed by atoms with E-state index < -0.39 is 5.82 Å². The van der Waals surface area contributed by atoms with E-state index in [4.69, 9.17) is 11.6 Å². The highest BCUT2D eigenvalue weighted by atomic mass is 35.5. The molecular formula is C21H21ClFN3O. The maximum atomic E-state index is 13.1. The van der Waals surface area contributed by atoms with Crippen LogP contribution in [0.5, 0.6) is 0 Å². The average Bonchev–Trinajstić information content (AvgIpc) is 2.99. The summed E-state index contributed by atoms with van der Waals surface area (Å²) >= 11 is 6.01. The first-order chi connectivity index (χ1) is 12.9. The largest absolute Gasteiger partial charge is 0.349 e. The summed E-state index contributed by atoms with van der Waals surface area (Å²) in [6.45, 7) is 5.93. The number of benzene rings is 2. The summed E-state index contributed by atoms with van der Waals surface area (Å²) in [5.74, 6) is -0.601. The maximum Gasteiger partial charge on any atom is 0.224 e. The van der Waals surface area contributed by atoms with Crippen LogP contribution in [-0.2, 0) is 11.2 Å². The van der Waals surface area contributed by atoms with Gasteiger partial charge in [0, 0.05) is 16.3 Å². The van der Waals surface area contributed by atoms with Gasteiger partial charge in [0.2, 0.25) is 5.91 Å². The number of nitrogens with zero attached hydrogens (tertiary/aromatic N) is 2. The van der Waals surface area contributed by atoms with Gasteiger partial charge in [-0.1, -0.05) is 35.9 Å². The van der Waals surface area contributed by atoms with Crippen LogP contribution >= 0.6 is 11.6 Å². The van der Waals surface area contributed by atoms with E-state index in [0.29, 0.717) is 5.56 Å². The van der Waals surface area contributed by atoms with Crippen LogP contribution in [0.25, 0.3) is 5.69 Å². The van der Waals surface area contributed by atoms with E-state index in [2.05, 4.69) is 10.4 Å². The normalized spacial score (nSPS) is 12.0. The Balaban J connectivity index is 1.74. The van der Waals surface area contributed by atoms with E-state index in [9.17, 15) is 9.18 Å². The molecule has 0 aliphatic carbocycles. The smallest absolute Gasteiger partial charge is 0.224 e. The second-order valence-corrected chi connectivity index (χ2v) is 6.99.